The van der Waals surface area contributed by atoms with Crippen molar-refractivity contribution in [1.82, 2.24) is 10.4 Å². The molecule has 0 radical (unpaired) electrons. The third kappa shape index (κ3) is 7.76. The molecular formula is C44H48N4O. The molecule has 0 amide bonds. The molecule has 0 heterocycles. The fourth-order valence-corrected chi connectivity index (χ4v) is 6.35. The molecule has 0 fully saturated rings. The molecule has 0 spiro atoms. The van der Waals surface area contributed by atoms with Crippen LogP contribution in [-0.2, 0) is 6.61 Å². The third-order valence-corrected chi connectivity index (χ3v) is 8.75. The van der Waals surface area contributed by atoms with Crippen LogP contribution in [0.25, 0.3) is 27.1 Å². The van der Waals surface area contributed by atoms with Crippen LogP contribution in [0.15, 0.2) is 146 Å². The number of nitrogen functional groups attached to an aromatic ring is 1. The Labute approximate surface area is 291 Å². The zero-order valence-corrected chi connectivity index (χ0v) is 29.2. The molecule has 0 aromatic heterocycles. The number of nitrogens with zero attached hydrogens (tertiary/aromatic N) is 1. The number of anilines is 1. The van der Waals surface area contributed by atoms with E-state index in [1.807, 2.05) is 58.2 Å². The Bertz CT molecular complexity index is 2020. The number of benzene rings is 6. The summed E-state index contributed by atoms with van der Waals surface area (Å²) in [6.45, 7) is 8.52. The van der Waals surface area contributed by atoms with Crippen LogP contribution >= 0.6 is 0 Å². The standard InChI is InChI=1S/C42H42N4O.C2H6/c1-4-12-30(5-2)31-17-22-35(23-18-31)42(44)46(45-3)40(34-15-10-7-11-16-34)36-24-20-32-19-21-33-25-26-38(43)41(39(33)37(32)27-36)47-28-29-13-8-6-9-14-29;1-2/h4-27,40,42,45H,28,43-44H2,1-3H3;1-2H3/b12-4-,30-5+;. The van der Waals surface area contributed by atoms with Gasteiger partial charge < -0.3 is 16.2 Å². The Morgan fingerprint density at radius 1 is 0.755 bits per heavy atom. The summed E-state index contributed by atoms with van der Waals surface area (Å²) in [5, 5.41) is 6.39. The van der Waals surface area contributed by atoms with E-state index in [9.17, 15) is 0 Å². The third-order valence-electron chi connectivity index (χ3n) is 8.75. The van der Waals surface area contributed by atoms with Gasteiger partial charge in [0, 0.05) is 5.39 Å². The van der Waals surface area contributed by atoms with E-state index in [1.165, 1.54) is 5.57 Å². The van der Waals surface area contributed by atoms with Crippen LogP contribution < -0.4 is 21.6 Å². The summed E-state index contributed by atoms with van der Waals surface area (Å²) in [6, 6.07) is 43.9. The molecule has 2 unspecified atom stereocenters. The maximum atomic E-state index is 7.08. The first kappa shape index (κ1) is 35.1. The first-order valence-corrected chi connectivity index (χ1v) is 17.1. The van der Waals surface area contributed by atoms with Crippen LogP contribution in [0.5, 0.6) is 5.75 Å². The molecule has 0 saturated carbocycles. The topological polar surface area (TPSA) is 76.5 Å². The molecule has 0 aliphatic rings. The smallest absolute Gasteiger partial charge is 0.151 e. The molecule has 49 heavy (non-hydrogen) atoms. The molecule has 0 bridgehead atoms. The Balaban J connectivity index is 0.00000230. The van der Waals surface area contributed by atoms with Gasteiger partial charge in [-0.3, -0.25) is 5.43 Å². The number of nitrogens with two attached hydrogens (primary N) is 2. The largest absolute Gasteiger partial charge is 0.486 e. The van der Waals surface area contributed by atoms with Crippen molar-refractivity contribution >= 4 is 32.8 Å². The number of ether oxygens (including phenoxy) is 1. The van der Waals surface area contributed by atoms with Gasteiger partial charge in [-0.1, -0.05) is 147 Å². The minimum absolute atomic E-state index is 0.195. The van der Waals surface area contributed by atoms with Gasteiger partial charge in [0.15, 0.2) is 5.75 Å². The second-order valence-corrected chi connectivity index (χ2v) is 11.7. The van der Waals surface area contributed by atoms with E-state index in [-0.39, 0.29) is 6.04 Å². The van der Waals surface area contributed by atoms with Crippen molar-refractivity contribution in [2.24, 2.45) is 5.73 Å². The molecule has 250 valence electrons. The molecule has 5 nitrogen and oxygen atoms in total. The molecule has 6 rings (SSSR count). The zero-order chi connectivity index (χ0) is 34.8. The SMILES string of the molecule is C/C=C\C(=C/C)c1ccc(C(N)N(NC)C(c2ccccc2)c2ccc3ccc4ccc(N)c(OCc5ccccc5)c4c3c2)cc1.CC. The first-order valence-electron chi connectivity index (χ1n) is 17.1. The van der Waals surface area contributed by atoms with Crippen LogP contribution in [0.2, 0.25) is 0 Å². The van der Waals surface area contributed by atoms with Crippen molar-refractivity contribution in [2.45, 2.75) is 46.5 Å². The summed E-state index contributed by atoms with van der Waals surface area (Å²) in [4.78, 5) is 0. The van der Waals surface area contributed by atoms with Crippen molar-refractivity contribution in [3.8, 4) is 5.75 Å². The van der Waals surface area contributed by atoms with Crippen molar-refractivity contribution < 1.29 is 4.74 Å². The van der Waals surface area contributed by atoms with Crippen LogP contribution in [0.1, 0.15) is 67.7 Å². The molecule has 5 heteroatoms. The lowest BCUT2D eigenvalue weighted by atomic mass is 9.92. The van der Waals surface area contributed by atoms with Gasteiger partial charge in [-0.2, -0.15) is 0 Å². The Morgan fingerprint density at radius 2 is 1.37 bits per heavy atom. The number of hydrogen-bond donors (Lipinski definition) is 3. The van der Waals surface area contributed by atoms with E-state index in [0.717, 1.165) is 49.4 Å². The second-order valence-electron chi connectivity index (χ2n) is 11.7. The fourth-order valence-electron chi connectivity index (χ4n) is 6.35. The number of fused-ring (bicyclic) bond motifs is 3. The van der Waals surface area contributed by atoms with E-state index < -0.39 is 6.17 Å². The summed E-state index contributed by atoms with van der Waals surface area (Å²) in [5.41, 5.74) is 24.4. The van der Waals surface area contributed by atoms with Gasteiger partial charge in [0.1, 0.15) is 6.61 Å². The summed E-state index contributed by atoms with van der Waals surface area (Å²) in [5.74, 6) is 0.700. The number of allylic oxidation sites excluding steroid dienone is 4. The van der Waals surface area contributed by atoms with Crippen molar-refractivity contribution in [3.05, 3.63) is 173 Å². The summed E-state index contributed by atoms with van der Waals surface area (Å²) in [7, 11) is 1.93. The van der Waals surface area contributed by atoms with Crippen molar-refractivity contribution in [1.29, 1.82) is 0 Å². The quantitative estimate of drug-likeness (QED) is 0.0428. The first-order chi connectivity index (χ1) is 24.0. The maximum absolute atomic E-state index is 7.08. The molecular weight excluding hydrogens is 601 g/mol. The average Bonchev–Trinajstić information content (AvgIpc) is 3.16. The van der Waals surface area contributed by atoms with Gasteiger partial charge in [-0.05, 0) is 82.6 Å². The van der Waals surface area contributed by atoms with Crippen LogP contribution in [0, 0.1) is 0 Å². The lowest BCUT2D eigenvalue weighted by molar-refractivity contribution is 0.102. The highest BCUT2D eigenvalue weighted by Crippen LogP contribution is 2.40. The van der Waals surface area contributed by atoms with E-state index in [4.69, 9.17) is 16.2 Å². The molecule has 2 atom stereocenters. The molecule has 0 saturated heterocycles. The van der Waals surface area contributed by atoms with Crippen molar-refractivity contribution in [3.63, 3.8) is 0 Å². The minimum Gasteiger partial charge on any atom is -0.486 e. The minimum atomic E-state index is -0.432. The zero-order valence-electron chi connectivity index (χ0n) is 29.2. The number of rotatable bonds is 11. The molecule has 6 aromatic carbocycles. The van der Waals surface area contributed by atoms with Gasteiger partial charge in [0.05, 0.1) is 17.9 Å². The van der Waals surface area contributed by atoms with Gasteiger partial charge in [-0.15, -0.1) is 0 Å². The van der Waals surface area contributed by atoms with E-state index in [2.05, 4.69) is 133 Å². The summed E-state index contributed by atoms with van der Waals surface area (Å²) < 4.78 is 6.47. The molecule has 5 N–H and O–H groups in total. The van der Waals surface area contributed by atoms with Crippen LogP contribution in [0.3, 0.4) is 0 Å². The maximum Gasteiger partial charge on any atom is 0.151 e. The van der Waals surface area contributed by atoms with Crippen LogP contribution in [-0.4, -0.2) is 12.1 Å². The molecule has 0 aliphatic heterocycles. The molecule has 0 aliphatic carbocycles. The molecule has 6 aromatic rings. The number of nitrogens with one attached hydrogen (secondary N) is 1. The lowest BCUT2D eigenvalue weighted by Gasteiger charge is -2.36. The predicted molar refractivity (Wildman–Crippen MR) is 209 cm³/mol. The highest BCUT2D eigenvalue weighted by Gasteiger charge is 2.28. The van der Waals surface area contributed by atoms with Gasteiger partial charge in [-0.25, -0.2) is 5.01 Å². The van der Waals surface area contributed by atoms with Gasteiger partial charge in [0.2, 0.25) is 0 Å². The highest BCUT2D eigenvalue weighted by atomic mass is 16.5. The van der Waals surface area contributed by atoms with Crippen LogP contribution in [0.4, 0.5) is 5.69 Å². The monoisotopic (exact) mass is 648 g/mol. The predicted octanol–water partition coefficient (Wildman–Crippen LogP) is 10.3. The Kier molecular flexibility index (Phi) is 12.0. The Morgan fingerprint density at radius 3 is 2.02 bits per heavy atom. The Hall–Kier alpha value is -5.20. The van der Waals surface area contributed by atoms with Crippen molar-refractivity contribution in [2.75, 3.05) is 12.8 Å². The fraction of sp³-hybridized carbons (Fsp3) is 0.182. The van der Waals surface area contributed by atoms with E-state index >= 15 is 0 Å². The lowest BCUT2D eigenvalue weighted by Crippen LogP contribution is -2.45. The van der Waals surface area contributed by atoms with E-state index in [1.54, 1.807) is 0 Å². The van der Waals surface area contributed by atoms with Gasteiger partial charge >= 0.3 is 0 Å². The summed E-state index contributed by atoms with van der Waals surface area (Å²) >= 11 is 0. The van der Waals surface area contributed by atoms with E-state index in [0.29, 0.717) is 18.0 Å². The average molecular weight is 649 g/mol. The summed E-state index contributed by atoms with van der Waals surface area (Å²) in [6.07, 6.45) is 5.87. The second kappa shape index (κ2) is 16.8. The normalized spacial score (nSPS) is 13.0. The van der Waals surface area contributed by atoms with Gasteiger partial charge in [0.25, 0.3) is 0 Å². The number of hydrazine groups is 1. The number of hydrogen-bond acceptors (Lipinski definition) is 5. The highest BCUT2D eigenvalue weighted by molar-refractivity contribution is 6.12.